The number of guanidine groups is 1. The lowest BCUT2D eigenvalue weighted by Gasteiger charge is -2.38. The third-order valence-electron chi connectivity index (χ3n) is 5.17. The van der Waals surface area contributed by atoms with Gasteiger partial charge in [0.05, 0.1) is 5.69 Å². The first-order valence-corrected chi connectivity index (χ1v) is 9.45. The number of phenols is 1. The highest BCUT2D eigenvalue weighted by atomic mass is 127. The maximum Gasteiger partial charge on any atom is 0.193 e. The van der Waals surface area contributed by atoms with Crippen LogP contribution in [0.5, 0.6) is 5.75 Å². The van der Waals surface area contributed by atoms with E-state index >= 15 is 0 Å². The Morgan fingerprint density at radius 1 is 1.23 bits per heavy atom. The van der Waals surface area contributed by atoms with Gasteiger partial charge in [0.1, 0.15) is 5.75 Å². The third kappa shape index (κ3) is 5.39. The van der Waals surface area contributed by atoms with E-state index in [0.717, 1.165) is 63.5 Å². The molecule has 146 valence electrons. The Bertz CT molecular complexity index is 585. The summed E-state index contributed by atoms with van der Waals surface area (Å²) in [5.41, 5.74) is 0.924. The zero-order valence-corrected chi connectivity index (χ0v) is 18.2. The molecule has 1 heterocycles. The first-order chi connectivity index (χ1) is 12.2. The van der Waals surface area contributed by atoms with Crippen molar-refractivity contribution < 1.29 is 5.11 Å². The molecule has 1 aromatic rings. The molecule has 3 rings (SSSR count). The molecule has 1 aromatic carbocycles. The number of piperazine rings is 1. The number of hydrogen-bond donors (Lipinski definition) is 2. The van der Waals surface area contributed by atoms with Gasteiger partial charge >= 0.3 is 0 Å². The van der Waals surface area contributed by atoms with Crippen LogP contribution in [0.1, 0.15) is 19.8 Å². The van der Waals surface area contributed by atoms with E-state index in [9.17, 15) is 5.11 Å². The molecule has 6 nitrogen and oxygen atoms in total. The number of benzene rings is 1. The van der Waals surface area contributed by atoms with Crippen molar-refractivity contribution in [3.05, 3.63) is 24.3 Å². The minimum Gasteiger partial charge on any atom is -0.506 e. The number of halogens is 1. The normalized spacial score (nSPS) is 18.0. The highest BCUT2D eigenvalue weighted by Crippen LogP contribution is 2.27. The average Bonchev–Trinajstić information content (AvgIpc) is 3.48. The van der Waals surface area contributed by atoms with Crippen LogP contribution in [0.15, 0.2) is 29.3 Å². The predicted molar refractivity (Wildman–Crippen MR) is 119 cm³/mol. The Kier molecular flexibility index (Phi) is 8.27. The van der Waals surface area contributed by atoms with Gasteiger partial charge in [-0.15, -0.1) is 24.0 Å². The number of aliphatic imine (C=N–C) groups is 1. The van der Waals surface area contributed by atoms with E-state index in [1.165, 1.54) is 12.8 Å². The fourth-order valence-corrected chi connectivity index (χ4v) is 3.57. The summed E-state index contributed by atoms with van der Waals surface area (Å²) in [5, 5.41) is 13.5. The van der Waals surface area contributed by atoms with Gasteiger partial charge < -0.3 is 20.2 Å². The van der Waals surface area contributed by atoms with Crippen molar-refractivity contribution >= 4 is 35.6 Å². The summed E-state index contributed by atoms with van der Waals surface area (Å²) < 4.78 is 0. The van der Waals surface area contributed by atoms with Crippen LogP contribution in [-0.4, -0.2) is 79.8 Å². The fraction of sp³-hybridized carbons (Fsp3) is 0.632. The van der Waals surface area contributed by atoms with Gasteiger partial charge in [0, 0.05) is 52.4 Å². The quantitative estimate of drug-likeness (QED) is 0.377. The summed E-state index contributed by atoms with van der Waals surface area (Å²) >= 11 is 0. The van der Waals surface area contributed by atoms with Gasteiger partial charge in [-0.25, -0.2) is 0 Å². The lowest BCUT2D eigenvalue weighted by molar-refractivity contribution is 0.279. The van der Waals surface area contributed by atoms with Crippen LogP contribution >= 0.6 is 24.0 Å². The number of para-hydroxylation sites is 2. The van der Waals surface area contributed by atoms with E-state index in [2.05, 4.69) is 31.9 Å². The average molecular weight is 473 g/mol. The zero-order valence-electron chi connectivity index (χ0n) is 15.9. The molecule has 1 saturated heterocycles. The molecule has 0 aromatic heterocycles. The number of likely N-dealkylation sites (N-methyl/N-ethyl adjacent to an activating group) is 1. The lowest BCUT2D eigenvalue weighted by Crippen LogP contribution is -2.53. The minimum atomic E-state index is 0. The van der Waals surface area contributed by atoms with Crippen molar-refractivity contribution in [2.75, 3.05) is 57.8 Å². The number of nitrogens with one attached hydrogen (secondary N) is 1. The van der Waals surface area contributed by atoms with Crippen molar-refractivity contribution in [2.45, 2.75) is 25.8 Å². The summed E-state index contributed by atoms with van der Waals surface area (Å²) in [4.78, 5) is 11.6. The highest BCUT2D eigenvalue weighted by molar-refractivity contribution is 14.0. The van der Waals surface area contributed by atoms with Gasteiger partial charge in [-0.05, 0) is 31.5 Å². The van der Waals surface area contributed by atoms with Gasteiger partial charge in [-0.3, -0.25) is 9.89 Å². The molecule has 2 N–H and O–H groups in total. The molecular weight excluding hydrogens is 441 g/mol. The van der Waals surface area contributed by atoms with Crippen LogP contribution in [0.2, 0.25) is 0 Å². The van der Waals surface area contributed by atoms with E-state index in [0.29, 0.717) is 5.75 Å². The zero-order chi connectivity index (χ0) is 17.6. The molecule has 2 aliphatic rings. The van der Waals surface area contributed by atoms with Crippen LogP contribution in [0.25, 0.3) is 0 Å². The Hall–Kier alpha value is -1.22. The number of rotatable bonds is 6. The standard InChI is InChI=1S/C19H31N5O.HI/c1-3-22(16-8-9-16)11-10-21-19(20-2)24-14-12-23(13-15-24)17-6-4-5-7-18(17)25;/h4-7,16,25H,3,8-15H2,1-2H3,(H,20,21);1H. The van der Waals surface area contributed by atoms with Crippen molar-refractivity contribution in [3.8, 4) is 5.75 Å². The van der Waals surface area contributed by atoms with Crippen molar-refractivity contribution in [3.63, 3.8) is 0 Å². The van der Waals surface area contributed by atoms with Crippen LogP contribution in [-0.2, 0) is 0 Å². The largest absolute Gasteiger partial charge is 0.506 e. The highest BCUT2D eigenvalue weighted by Gasteiger charge is 2.27. The van der Waals surface area contributed by atoms with Crippen LogP contribution < -0.4 is 10.2 Å². The summed E-state index contributed by atoms with van der Waals surface area (Å²) in [6.45, 7) is 9.00. The number of aromatic hydroxyl groups is 1. The molecule has 0 atom stereocenters. The molecule has 1 saturated carbocycles. The first-order valence-electron chi connectivity index (χ1n) is 9.45. The Morgan fingerprint density at radius 3 is 2.50 bits per heavy atom. The van der Waals surface area contributed by atoms with Crippen LogP contribution in [0, 0.1) is 0 Å². The smallest absolute Gasteiger partial charge is 0.193 e. The number of phenolic OH excluding ortho intramolecular Hbond substituents is 1. The number of nitrogens with zero attached hydrogens (tertiary/aromatic N) is 4. The monoisotopic (exact) mass is 473 g/mol. The van der Waals surface area contributed by atoms with E-state index in [-0.39, 0.29) is 24.0 Å². The Balaban J connectivity index is 0.00000243. The summed E-state index contributed by atoms with van der Waals surface area (Å²) in [7, 11) is 1.86. The molecule has 1 aliphatic heterocycles. The first kappa shape index (κ1) is 21.1. The molecule has 0 unspecified atom stereocenters. The molecule has 26 heavy (non-hydrogen) atoms. The van der Waals surface area contributed by atoms with Crippen LogP contribution in [0.4, 0.5) is 5.69 Å². The molecule has 7 heteroatoms. The van der Waals surface area contributed by atoms with Crippen molar-refractivity contribution in [1.29, 1.82) is 0 Å². The molecule has 1 aliphatic carbocycles. The van der Waals surface area contributed by atoms with E-state index in [1.54, 1.807) is 6.07 Å². The third-order valence-corrected chi connectivity index (χ3v) is 5.17. The maximum atomic E-state index is 10.0. The molecule has 0 bridgehead atoms. The van der Waals surface area contributed by atoms with E-state index in [1.807, 2.05) is 25.2 Å². The summed E-state index contributed by atoms with van der Waals surface area (Å²) in [5.74, 6) is 1.35. The predicted octanol–water partition coefficient (Wildman–Crippen LogP) is 2.19. The molecule has 0 amide bonds. The molecular formula is C19H32IN5O. The Morgan fingerprint density at radius 2 is 1.92 bits per heavy atom. The second-order valence-electron chi connectivity index (χ2n) is 6.80. The van der Waals surface area contributed by atoms with Gasteiger partial charge in [0.25, 0.3) is 0 Å². The summed E-state index contributed by atoms with van der Waals surface area (Å²) in [6.07, 6.45) is 2.72. The fourth-order valence-electron chi connectivity index (χ4n) is 3.57. The second-order valence-corrected chi connectivity index (χ2v) is 6.80. The van der Waals surface area contributed by atoms with E-state index in [4.69, 9.17) is 0 Å². The van der Waals surface area contributed by atoms with Gasteiger partial charge in [0.2, 0.25) is 0 Å². The number of hydrogen-bond acceptors (Lipinski definition) is 4. The van der Waals surface area contributed by atoms with Gasteiger partial charge in [0.15, 0.2) is 5.96 Å². The maximum absolute atomic E-state index is 10.0. The molecule has 0 spiro atoms. The topological polar surface area (TPSA) is 54.3 Å². The van der Waals surface area contributed by atoms with Crippen LogP contribution in [0.3, 0.4) is 0 Å². The summed E-state index contributed by atoms with van der Waals surface area (Å²) in [6, 6.07) is 8.39. The van der Waals surface area contributed by atoms with Crippen molar-refractivity contribution in [2.24, 2.45) is 4.99 Å². The minimum absolute atomic E-state index is 0. The lowest BCUT2D eigenvalue weighted by atomic mass is 10.2. The Labute approximate surface area is 174 Å². The number of anilines is 1. The van der Waals surface area contributed by atoms with Crippen molar-refractivity contribution in [1.82, 2.24) is 15.1 Å². The SMILES string of the molecule is CCN(CCNC(=NC)N1CCN(c2ccccc2O)CC1)C1CC1.I. The van der Waals surface area contributed by atoms with Gasteiger partial charge in [-0.1, -0.05) is 19.1 Å². The molecule has 2 fully saturated rings. The van der Waals surface area contributed by atoms with Gasteiger partial charge in [-0.2, -0.15) is 0 Å². The molecule has 0 radical (unpaired) electrons. The second kappa shape index (κ2) is 10.2. The van der Waals surface area contributed by atoms with E-state index < -0.39 is 0 Å².